The number of aliphatic hydroxyl groups is 1. The average Bonchev–Trinajstić information content (AvgIpc) is 4.00. The van der Waals surface area contributed by atoms with Gasteiger partial charge in [-0.05, 0) is 30.9 Å². The zero-order chi connectivity index (χ0) is 34.1. The second-order valence-electron chi connectivity index (χ2n) is 11.0. The number of hydrogen-bond acceptors (Lipinski definition) is 11. The summed E-state index contributed by atoms with van der Waals surface area (Å²) in [5.74, 6) is -8.12. The first kappa shape index (κ1) is 33.1. The predicted octanol–water partition coefficient (Wildman–Crippen LogP) is 6.23. The molecule has 16 heteroatoms. The maximum absolute atomic E-state index is 14.4. The molecule has 0 spiro atoms. The molecule has 2 aliphatic rings. The van der Waals surface area contributed by atoms with Crippen molar-refractivity contribution in [3.63, 3.8) is 0 Å². The van der Waals surface area contributed by atoms with Crippen LogP contribution in [0.25, 0.3) is 0 Å². The van der Waals surface area contributed by atoms with Gasteiger partial charge in [0, 0.05) is 41.1 Å². The normalized spacial score (nSPS) is 19.3. The molecule has 4 atom stereocenters. The van der Waals surface area contributed by atoms with E-state index in [9.17, 15) is 43.1 Å². The van der Waals surface area contributed by atoms with Gasteiger partial charge in [0.25, 0.3) is 0 Å². The Bertz CT molecular complexity index is 2020. The van der Waals surface area contributed by atoms with Gasteiger partial charge < -0.3 is 14.9 Å². The molecule has 0 radical (unpaired) electrons. The third-order valence-corrected chi connectivity index (χ3v) is 9.72. The lowest BCUT2D eigenvalue weighted by molar-refractivity contribution is -0.138. The summed E-state index contributed by atoms with van der Waals surface area (Å²) in [6.07, 6.45) is 0.701. The van der Waals surface area contributed by atoms with E-state index in [1.54, 1.807) is 0 Å². The summed E-state index contributed by atoms with van der Waals surface area (Å²) in [6.45, 7) is -0.167. The summed E-state index contributed by atoms with van der Waals surface area (Å²) < 4.78 is 62.4. The van der Waals surface area contributed by atoms with Gasteiger partial charge in [0.05, 0.1) is 17.3 Å². The molecule has 0 bridgehead atoms. The summed E-state index contributed by atoms with van der Waals surface area (Å²) in [5, 5.41) is 39.6. The van der Waals surface area contributed by atoms with E-state index in [2.05, 4.69) is 19.9 Å². The summed E-state index contributed by atoms with van der Waals surface area (Å²) in [6, 6.07) is 11.4. The molecule has 0 saturated heterocycles. The van der Waals surface area contributed by atoms with Gasteiger partial charge in [-0.1, -0.05) is 47.8 Å². The van der Waals surface area contributed by atoms with Crippen LogP contribution in [0.2, 0.25) is 0 Å². The number of carbonyl (C=O) groups is 1. The molecule has 0 unspecified atom stereocenters. The van der Waals surface area contributed by atoms with Gasteiger partial charge in [-0.3, -0.25) is 4.79 Å². The summed E-state index contributed by atoms with van der Waals surface area (Å²) in [7, 11) is 0. The van der Waals surface area contributed by atoms with E-state index < -0.39 is 41.1 Å². The standard InChI is InChI=1S/C32H22F4N6O4S2/c33-22-5-1-3-14(24(22)35)12-47-31-39-26(17-7-16(17)11-43)20(9-37)28(41-31)46-29-21(10-38)27(18-8-19(18)30(44)45)40-32(42-29)48-13-15-4-2-6-23(34)25(15)36/h1-6,16-19,43H,7-8,11-13H2,(H,44,45)/t16-,17+,18-,19-/m0/s1. The Morgan fingerprint density at radius 2 is 1.31 bits per heavy atom. The van der Waals surface area contributed by atoms with E-state index in [1.165, 1.54) is 24.3 Å². The van der Waals surface area contributed by atoms with Gasteiger partial charge in [0.15, 0.2) is 33.6 Å². The minimum Gasteiger partial charge on any atom is -0.481 e. The molecule has 0 amide bonds. The quantitative estimate of drug-likeness (QED) is 0.0977. The smallest absolute Gasteiger partial charge is 0.307 e. The molecule has 0 aliphatic heterocycles. The fourth-order valence-corrected chi connectivity index (χ4v) is 6.78. The number of benzene rings is 2. The van der Waals surface area contributed by atoms with Crippen LogP contribution in [0.1, 0.15) is 58.3 Å². The van der Waals surface area contributed by atoms with E-state index in [0.29, 0.717) is 6.42 Å². The van der Waals surface area contributed by atoms with Gasteiger partial charge in [-0.2, -0.15) is 20.5 Å². The third kappa shape index (κ3) is 6.78. The highest BCUT2D eigenvalue weighted by atomic mass is 32.2. The van der Waals surface area contributed by atoms with Crippen molar-refractivity contribution in [2.75, 3.05) is 6.61 Å². The first-order valence-corrected chi connectivity index (χ1v) is 16.4. The van der Waals surface area contributed by atoms with E-state index in [0.717, 1.165) is 35.7 Å². The van der Waals surface area contributed by atoms with E-state index >= 15 is 0 Å². The molecule has 2 aromatic heterocycles. The number of aromatic nitrogens is 4. The number of rotatable bonds is 12. The van der Waals surface area contributed by atoms with Crippen molar-refractivity contribution in [2.24, 2.45) is 11.8 Å². The summed E-state index contributed by atoms with van der Waals surface area (Å²) >= 11 is 1.83. The van der Waals surface area contributed by atoms with Crippen LogP contribution in [0.5, 0.6) is 11.8 Å². The van der Waals surface area contributed by atoms with Crippen LogP contribution in [0.15, 0.2) is 46.7 Å². The number of thioether (sulfide) groups is 2. The van der Waals surface area contributed by atoms with Crippen molar-refractivity contribution < 1.29 is 37.3 Å². The highest BCUT2D eigenvalue weighted by Gasteiger charge is 2.47. The molecule has 2 saturated carbocycles. The number of ether oxygens (including phenoxy) is 1. The first-order valence-electron chi connectivity index (χ1n) is 14.4. The van der Waals surface area contributed by atoms with Crippen molar-refractivity contribution in [2.45, 2.75) is 46.5 Å². The van der Waals surface area contributed by atoms with Crippen LogP contribution in [0.4, 0.5) is 17.6 Å². The van der Waals surface area contributed by atoms with Crippen LogP contribution in [-0.4, -0.2) is 42.7 Å². The Balaban J connectivity index is 1.40. The van der Waals surface area contributed by atoms with Crippen LogP contribution in [-0.2, 0) is 16.3 Å². The predicted molar refractivity (Wildman–Crippen MR) is 162 cm³/mol. The van der Waals surface area contributed by atoms with Gasteiger partial charge in [-0.15, -0.1) is 0 Å². The zero-order valence-corrected chi connectivity index (χ0v) is 26.2. The lowest BCUT2D eigenvalue weighted by Crippen LogP contribution is -2.08. The second-order valence-corrected chi connectivity index (χ2v) is 12.9. The Morgan fingerprint density at radius 3 is 1.73 bits per heavy atom. The lowest BCUT2D eigenvalue weighted by atomic mass is 10.1. The molecular formula is C32H22F4N6O4S2. The largest absolute Gasteiger partial charge is 0.481 e. The average molecular weight is 695 g/mol. The number of aliphatic carboxylic acids is 1. The molecule has 6 rings (SSSR count). The first-order chi connectivity index (χ1) is 23.1. The molecule has 2 heterocycles. The monoisotopic (exact) mass is 694 g/mol. The molecule has 48 heavy (non-hydrogen) atoms. The maximum Gasteiger partial charge on any atom is 0.307 e. The fraction of sp³-hybridized carbons (Fsp3) is 0.281. The molecule has 4 aromatic rings. The minimum atomic E-state index is -1.09. The highest BCUT2D eigenvalue weighted by Crippen LogP contribution is 2.51. The van der Waals surface area contributed by atoms with Gasteiger partial charge >= 0.3 is 5.97 Å². The number of nitrogens with zero attached hydrogens (tertiary/aromatic N) is 6. The van der Waals surface area contributed by atoms with Crippen molar-refractivity contribution in [3.8, 4) is 23.9 Å². The van der Waals surface area contributed by atoms with Crippen LogP contribution < -0.4 is 4.74 Å². The number of carboxylic acid groups (broad SMARTS) is 1. The molecule has 10 nitrogen and oxygen atoms in total. The SMILES string of the molecule is N#Cc1c(Oc2nc(SCc3cccc(F)c3F)nc([C@@H]3C[C@H]3CO)c2C#N)nc(SCc2cccc(F)c2F)nc1[C@H]1C[C@@H]1C(=O)O. The number of hydrogen-bond donors (Lipinski definition) is 2. The Kier molecular flexibility index (Phi) is 9.50. The number of halogens is 4. The fourth-order valence-electron chi connectivity index (χ4n) is 5.15. The molecule has 244 valence electrons. The van der Waals surface area contributed by atoms with Crippen molar-refractivity contribution >= 4 is 29.5 Å². The lowest BCUT2D eigenvalue weighted by Gasteiger charge is -2.14. The van der Waals surface area contributed by atoms with Gasteiger partial charge in [0.2, 0.25) is 11.8 Å². The van der Waals surface area contributed by atoms with Gasteiger partial charge in [-0.25, -0.2) is 27.5 Å². The topological polar surface area (TPSA) is 166 Å². The Labute approximate surface area is 278 Å². The molecule has 2 fully saturated rings. The van der Waals surface area contributed by atoms with Crippen molar-refractivity contribution in [3.05, 3.63) is 93.3 Å². The van der Waals surface area contributed by atoms with E-state index in [-0.39, 0.29) is 92.1 Å². The number of nitriles is 2. The minimum absolute atomic E-state index is 0.0123. The van der Waals surface area contributed by atoms with Crippen molar-refractivity contribution in [1.82, 2.24) is 19.9 Å². The molecule has 2 N–H and O–H groups in total. The highest BCUT2D eigenvalue weighted by molar-refractivity contribution is 7.98. The Morgan fingerprint density at radius 1 is 0.812 bits per heavy atom. The molecule has 2 aromatic carbocycles. The Hall–Kier alpha value is -4.77. The third-order valence-electron chi connectivity index (χ3n) is 7.93. The van der Waals surface area contributed by atoms with Crippen LogP contribution >= 0.6 is 23.5 Å². The van der Waals surface area contributed by atoms with Crippen LogP contribution in [0, 0.1) is 57.8 Å². The summed E-state index contributed by atoms with van der Waals surface area (Å²) in [4.78, 5) is 29.3. The number of aliphatic hydroxyl groups excluding tert-OH is 1. The molecular weight excluding hydrogens is 673 g/mol. The molecule has 2 aliphatic carbocycles. The van der Waals surface area contributed by atoms with Gasteiger partial charge in [0.1, 0.15) is 23.3 Å². The second kappa shape index (κ2) is 13.8. The maximum atomic E-state index is 14.4. The van der Waals surface area contributed by atoms with E-state index in [1.807, 2.05) is 12.1 Å². The van der Waals surface area contributed by atoms with E-state index in [4.69, 9.17) is 4.74 Å². The van der Waals surface area contributed by atoms with Crippen LogP contribution in [0.3, 0.4) is 0 Å². The van der Waals surface area contributed by atoms with Crippen molar-refractivity contribution in [1.29, 1.82) is 10.5 Å². The zero-order valence-electron chi connectivity index (χ0n) is 24.5. The summed E-state index contributed by atoms with van der Waals surface area (Å²) in [5.41, 5.74) is 0.0670. The number of carboxylic acids is 1.